The quantitative estimate of drug-likeness (QED) is 0.311. The first-order valence-corrected chi connectivity index (χ1v) is 13.3. The van der Waals surface area contributed by atoms with Gasteiger partial charge in [-0.3, -0.25) is 4.79 Å². The molecule has 8 nitrogen and oxygen atoms in total. The Hall–Kier alpha value is -2.24. The molecule has 0 saturated carbocycles. The highest BCUT2D eigenvalue weighted by Crippen LogP contribution is 2.29. The highest BCUT2D eigenvalue weighted by molar-refractivity contribution is 7.98. The number of nitrogen functional groups attached to an aromatic ring is 1. The molecule has 11 heteroatoms. The normalized spacial score (nSPS) is 17.8. The average Bonchev–Trinajstić information content (AvgIpc) is 2.85. The molecule has 1 fully saturated rings. The minimum atomic E-state index is -0.281. The number of thioether (sulfide) groups is 1. The Morgan fingerprint density at radius 2 is 2.00 bits per heavy atom. The van der Waals surface area contributed by atoms with Crippen molar-refractivity contribution in [2.24, 2.45) is 0 Å². The molecule has 0 radical (unpaired) electrons. The number of likely N-dealkylation sites (tertiary alicyclic amines) is 1. The number of nitrogens with zero attached hydrogens (tertiary/aromatic N) is 1. The Balaban J connectivity index is 0.00000456. The number of anilines is 1. The van der Waals surface area contributed by atoms with E-state index in [-0.39, 0.29) is 29.3 Å². The molecule has 1 saturated heterocycles. The van der Waals surface area contributed by atoms with E-state index < -0.39 is 0 Å². The zero-order valence-electron chi connectivity index (χ0n) is 20.6. The van der Waals surface area contributed by atoms with E-state index >= 15 is 0 Å². The smallest absolute Gasteiger partial charge is 0.255 e. The summed E-state index contributed by atoms with van der Waals surface area (Å²) in [6.45, 7) is 3.35. The summed E-state index contributed by atoms with van der Waals surface area (Å²) in [7, 11) is 1.65. The number of ether oxygens (including phenoxy) is 3. The van der Waals surface area contributed by atoms with Crippen LogP contribution in [0.5, 0.6) is 11.5 Å². The van der Waals surface area contributed by atoms with Crippen LogP contribution in [0.2, 0.25) is 5.02 Å². The largest absolute Gasteiger partial charge is 0.494 e. The lowest BCUT2D eigenvalue weighted by Gasteiger charge is -2.38. The van der Waals surface area contributed by atoms with Gasteiger partial charge >= 0.3 is 0 Å². The summed E-state index contributed by atoms with van der Waals surface area (Å²) in [6.07, 6.45) is 3.40. The average molecular weight is 544 g/mol. The SMILES string of the molecule is CO[C@H]1CN(CCCOc2ccc(F)cc2)CC[C@H]1NC(=O)c1cc(Cl)c(N)cc1OCCSC.O. The number of amides is 1. The van der Waals surface area contributed by atoms with Gasteiger partial charge in [-0.25, -0.2) is 4.39 Å². The van der Waals surface area contributed by atoms with Crippen LogP contribution in [-0.4, -0.2) is 80.4 Å². The Morgan fingerprint density at radius 3 is 2.69 bits per heavy atom. The first-order valence-electron chi connectivity index (χ1n) is 11.6. The van der Waals surface area contributed by atoms with Crippen molar-refractivity contribution >= 4 is 35.0 Å². The van der Waals surface area contributed by atoms with Gasteiger partial charge in [-0.2, -0.15) is 11.8 Å². The zero-order valence-corrected chi connectivity index (χ0v) is 22.2. The maximum atomic E-state index is 13.1. The van der Waals surface area contributed by atoms with Crippen LogP contribution < -0.4 is 20.5 Å². The van der Waals surface area contributed by atoms with Crippen molar-refractivity contribution < 1.29 is 28.9 Å². The molecule has 0 unspecified atom stereocenters. The third kappa shape index (κ3) is 8.70. The van der Waals surface area contributed by atoms with Crippen LogP contribution >= 0.6 is 23.4 Å². The molecule has 2 aromatic carbocycles. The van der Waals surface area contributed by atoms with Gasteiger partial charge in [-0.1, -0.05) is 11.6 Å². The van der Waals surface area contributed by atoms with E-state index in [1.54, 1.807) is 43.1 Å². The van der Waals surface area contributed by atoms with Crippen molar-refractivity contribution in [3.8, 4) is 11.5 Å². The second-order valence-corrected chi connectivity index (χ2v) is 9.70. The van der Waals surface area contributed by atoms with E-state index in [1.165, 1.54) is 12.1 Å². The number of carbonyl (C=O) groups excluding carboxylic acids is 1. The highest BCUT2D eigenvalue weighted by atomic mass is 35.5. The van der Waals surface area contributed by atoms with E-state index in [4.69, 9.17) is 31.5 Å². The molecule has 1 aliphatic rings. The first-order chi connectivity index (χ1) is 16.9. The Kier molecular flexibility index (Phi) is 12.6. The van der Waals surface area contributed by atoms with E-state index in [2.05, 4.69) is 10.2 Å². The van der Waals surface area contributed by atoms with E-state index in [9.17, 15) is 9.18 Å². The molecule has 0 bridgehead atoms. The third-order valence-electron chi connectivity index (χ3n) is 5.85. The number of methoxy groups -OCH3 is 1. The van der Waals surface area contributed by atoms with Gasteiger partial charge in [-0.15, -0.1) is 0 Å². The summed E-state index contributed by atoms with van der Waals surface area (Å²) in [6, 6.07) is 9.02. The number of nitrogens with two attached hydrogens (primary N) is 1. The number of hydrogen-bond acceptors (Lipinski definition) is 7. The molecule has 1 heterocycles. The molecule has 2 aromatic rings. The molecule has 5 N–H and O–H groups in total. The van der Waals surface area contributed by atoms with E-state index in [1.807, 2.05) is 6.26 Å². The fourth-order valence-corrected chi connectivity index (χ4v) is 4.36. The first kappa shape index (κ1) is 30.0. The van der Waals surface area contributed by atoms with E-state index in [0.717, 1.165) is 31.7 Å². The summed E-state index contributed by atoms with van der Waals surface area (Å²) < 4.78 is 30.2. The van der Waals surface area contributed by atoms with Crippen molar-refractivity contribution in [3.05, 3.63) is 52.8 Å². The second kappa shape index (κ2) is 15.1. The van der Waals surface area contributed by atoms with Crippen molar-refractivity contribution in [3.63, 3.8) is 0 Å². The minimum Gasteiger partial charge on any atom is -0.494 e. The van der Waals surface area contributed by atoms with Gasteiger partial charge < -0.3 is 35.6 Å². The number of halogens is 2. The molecule has 200 valence electrons. The fraction of sp³-hybridized carbons (Fsp3) is 0.480. The summed E-state index contributed by atoms with van der Waals surface area (Å²) in [5.41, 5.74) is 6.66. The Morgan fingerprint density at radius 1 is 1.25 bits per heavy atom. The summed E-state index contributed by atoms with van der Waals surface area (Å²) in [4.78, 5) is 15.4. The fourth-order valence-electron chi connectivity index (χ4n) is 3.94. The predicted octanol–water partition coefficient (Wildman–Crippen LogP) is 3.27. The van der Waals surface area contributed by atoms with Crippen molar-refractivity contribution in [1.82, 2.24) is 10.2 Å². The highest BCUT2D eigenvalue weighted by Gasteiger charge is 2.31. The van der Waals surface area contributed by atoms with Crippen molar-refractivity contribution in [1.29, 1.82) is 0 Å². The van der Waals surface area contributed by atoms with Gasteiger partial charge in [0.15, 0.2) is 0 Å². The third-order valence-corrected chi connectivity index (χ3v) is 6.75. The topological polar surface area (TPSA) is 118 Å². The van der Waals surface area contributed by atoms with Gasteiger partial charge in [0.1, 0.15) is 17.3 Å². The maximum Gasteiger partial charge on any atom is 0.255 e. The lowest BCUT2D eigenvalue weighted by Crippen LogP contribution is -2.55. The lowest BCUT2D eigenvalue weighted by atomic mass is 10.0. The Bertz CT molecular complexity index is 969. The maximum absolute atomic E-state index is 13.1. The number of hydrogen-bond donors (Lipinski definition) is 2. The molecule has 0 aromatic heterocycles. The number of rotatable bonds is 12. The van der Waals surface area contributed by atoms with Crippen LogP contribution in [0.25, 0.3) is 0 Å². The zero-order chi connectivity index (χ0) is 25.2. The van der Waals surface area contributed by atoms with Crippen LogP contribution in [-0.2, 0) is 4.74 Å². The molecule has 2 atom stereocenters. The molecule has 0 spiro atoms. The molecule has 1 amide bonds. The summed E-state index contributed by atoms with van der Waals surface area (Å²) in [5, 5.41) is 3.41. The van der Waals surface area contributed by atoms with Crippen LogP contribution in [0.1, 0.15) is 23.2 Å². The van der Waals surface area contributed by atoms with Crippen LogP contribution in [0.15, 0.2) is 36.4 Å². The standard InChI is InChI=1S/C25H33ClFN3O4S.H2O/c1-32-24-16-30(9-3-11-33-18-6-4-17(27)5-7-18)10-8-22(24)29-25(31)19-14-20(26)21(28)15-23(19)34-12-13-35-2;/h4-7,14-15,22,24H,3,8-13,16,28H2,1-2H3,(H,29,31);1H2/t22-,24+;/m1./s1. The Labute approximate surface area is 220 Å². The summed E-state index contributed by atoms with van der Waals surface area (Å²) >= 11 is 7.85. The lowest BCUT2D eigenvalue weighted by molar-refractivity contribution is 0.00526. The van der Waals surface area contributed by atoms with Crippen LogP contribution in [0, 0.1) is 5.82 Å². The molecular formula is C25H35ClFN3O5S. The number of carbonyl (C=O) groups is 1. The van der Waals surface area contributed by atoms with Crippen molar-refractivity contribution in [2.75, 3.05) is 57.7 Å². The molecule has 3 rings (SSSR count). The van der Waals surface area contributed by atoms with E-state index in [0.29, 0.717) is 47.5 Å². The number of benzene rings is 2. The molecule has 1 aliphatic heterocycles. The predicted molar refractivity (Wildman–Crippen MR) is 143 cm³/mol. The van der Waals surface area contributed by atoms with Gasteiger partial charge in [0, 0.05) is 38.6 Å². The van der Waals surface area contributed by atoms with Gasteiger partial charge in [0.05, 0.1) is 41.6 Å². The molecule has 0 aliphatic carbocycles. The second-order valence-electron chi connectivity index (χ2n) is 8.31. The molecular weight excluding hydrogens is 509 g/mol. The van der Waals surface area contributed by atoms with Gasteiger partial charge in [0.2, 0.25) is 0 Å². The van der Waals surface area contributed by atoms with Crippen LogP contribution in [0.3, 0.4) is 0 Å². The van der Waals surface area contributed by atoms with Gasteiger partial charge in [0.25, 0.3) is 5.91 Å². The van der Waals surface area contributed by atoms with Crippen molar-refractivity contribution in [2.45, 2.75) is 25.0 Å². The number of piperidine rings is 1. The monoisotopic (exact) mass is 543 g/mol. The van der Waals surface area contributed by atoms with Crippen LogP contribution in [0.4, 0.5) is 10.1 Å². The number of nitrogens with one attached hydrogen (secondary N) is 1. The molecule has 36 heavy (non-hydrogen) atoms. The summed E-state index contributed by atoms with van der Waals surface area (Å²) in [5.74, 6) is 1.33. The van der Waals surface area contributed by atoms with Gasteiger partial charge in [-0.05, 0) is 49.4 Å². The minimum absolute atomic E-state index is 0.